The molecule has 36 heavy (non-hydrogen) atoms. The number of para-hydroxylation sites is 1. The van der Waals surface area contributed by atoms with Gasteiger partial charge >= 0.3 is 13.5 Å². The van der Waals surface area contributed by atoms with Crippen LogP contribution in [0.25, 0.3) is 11.2 Å². The lowest BCUT2D eigenvalue weighted by Crippen LogP contribution is -2.36. The molecule has 190 valence electrons. The number of fused-ring (bicyclic) bond motifs is 1. The standard InChI is InChI=1S/C21H23FN6O6P2/c1-3-31-21(29)13(2)27-36(30,34-14-7-5-4-6-8-14)12-32-16-9-15(22)20(33-16)28-11-25-17-18(26-35)23-10-24-19(17)28/h4-11,13,16,20,35H,3,12H2,1-2H3,(H,27,30)/t13-,16-,20+,36?/m0/s1. The number of nitrogens with zero attached hydrogens (tertiary/aromatic N) is 5. The van der Waals surface area contributed by atoms with Gasteiger partial charge in [0.15, 0.2) is 41.7 Å². The monoisotopic (exact) mass is 536 g/mol. The highest BCUT2D eigenvalue weighted by Gasteiger charge is 2.36. The third-order valence-corrected chi connectivity index (χ3v) is 6.91. The molecule has 0 radical (unpaired) electrons. The maximum atomic E-state index is 14.8. The minimum Gasteiger partial charge on any atom is -0.465 e. The van der Waals surface area contributed by atoms with E-state index in [0.717, 1.165) is 6.08 Å². The number of rotatable bonds is 11. The quantitative estimate of drug-likeness (QED) is 0.279. The molecule has 1 aromatic carbocycles. The molecule has 1 N–H and O–H groups in total. The summed E-state index contributed by atoms with van der Waals surface area (Å²) in [6.45, 7) is 3.30. The van der Waals surface area contributed by atoms with E-state index < -0.39 is 44.2 Å². The van der Waals surface area contributed by atoms with E-state index in [1.165, 1.54) is 24.1 Å². The van der Waals surface area contributed by atoms with Crippen molar-refractivity contribution in [2.75, 3.05) is 13.0 Å². The number of halogens is 1. The molecule has 0 saturated carbocycles. The van der Waals surface area contributed by atoms with Crippen LogP contribution < -0.4 is 9.61 Å². The molecule has 0 saturated heterocycles. The van der Waals surface area contributed by atoms with Crippen LogP contribution in [-0.2, 0) is 23.6 Å². The molecule has 0 aliphatic carbocycles. The number of carbonyl (C=O) groups is 1. The van der Waals surface area contributed by atoms with Gasteiger partial charge < -0.3 is 18.7 Å². The predicted molar refractivity (Wildman–Crippen MR) is 129 cm³/mol. The van der Waals surface area contributed by atoms with Crippen LogP contribution in [0, 0.1) is 0 Å². The van der Waals surface area contributed by atoms with Gasteiger partial charge in [0, 0.05) is 6.08 Å². The first kappa shape index (κ1) is 26.0. The number of hydrogen-bond donors (Lipinski definition) is 1. The van der Waals surface area contributed by atoms with Crippen molar-refractivity contribution in [3.8, 4) is 5.75 Å². The average Bonchev–Trinajstić information content (AvgIpc) is 3.46. The number of esters is 1. The summed E-state index contributed by atoms with van der Waals surface area (Å²) in [5, 5.41) is 2.65. The van der Waals surface area contributed by atoms with Gasteiger partial charge in [0.05, 0.1) is 12.9 Å². The lowest BCUT2D eigenvalue weighted by atomic mass is 10.3. The lowest BCUT2D eigenvalue weighted by molar-refractivity contribution is -0.144. The molecule has 0 fully saturated rings. The van der Waals surface area contributed by atoms with E-state index in [9.17, 15) is 13.8 Å². The van der Waals surface area contributed by atoms with E-state index >= 15 is 0 Å². The summed E-state index contributed by atoms with van der Waals surface area (Å²) in [5.74, 6) is -0.717. The van der Waals surface area contributed by atoms with Crippen LogP contribution in [-0.4, -0.2) is 50.8 Å². The van der Waals surface area contributed by atoms with Crippen molar-refractivity contribution >= 4 is 39.5 Å². The van der Waals surface area contributed by atoms with Gasteiger partial charge in [0.2, 0.25) is 0 Å². The van der Waals surface area contributed by atoms with Crippen LogP contribution >= 0.6 is 16.6 Å². The third kappa shape index (κ3) is 5.83. The minimum absolute atomic E-state index is 0.158. The van der Waals surface area contributed by atoms with Gasteiger partial charge in [-0.05, 0) is 35.0 Å². The van der Waals surface area contributed by atoms with Gasteiger partial charge in [-0.2, -0.15) is 0 Å². The normalized spacial score (nSPS) is 19.9. The van der Waals surface area contributed by atoms with Crippen LogP contribution in [0.2, 0.25) is 0 Å². The summed E-state index contributed by atoms with van der Waals surface area (Å²) in [5.41, 5.74) is 0.630. The van der Waals surface area contributed by atoms with E-state index in [0.29, 0.717) is 11.2 Å². The molecular weight excluding hydrogens is 513 g/mol. The first-order valence-electron chi connectivity index (χ1n) is 10.8. The summed E-state index contributed by atoms with van der Waals surface area (Å²) in [6, 6.07) is 7.41. The van der Waals surface area contributed by atoms with Crippen LogP contribution in [0.5, 0.6) is 5.75 Å². The zero-order chi connectivity index (χ0) is 25.7. The highest BCUT2D eigenvalue weighted by Crippen LogP contribution is 2.45. The van der Waals surface area contributed by atoms with E-state index in [1.807, 2.05) is 0 Å². The zero-order valence-electron chi connectivity index (χ0n) is 19.3. The van der Waals surface area contributed by atoms with E-state index in [-0.39, 0.29) is 18.2 Å². The molecular formula is C21H23FN6O6P2. The first-order valence-corrected chi connectivity index (χ1v) is 13.1. The summed E-state index contributed by atoms with van der Waals surface area (Å²) in [7, 11) is -0.822. The Bertz CT molecular complexity index is 1320. The molecule has 0 amide bonds. The van der Waals surface area contributed by atoms with Crippen molar-refractivity contribution in [3.05, 3.63) is 54.9 Å². The van der Waals surface area contributed by atoms with Crippen LogP contribution in [0.15, 0.2) is 59.6 Å². The fourth-order valence-electron chi connectivity index (χ4n) is 3.35. The molecule has 3 heterocycles. The number of aromatic nitrogens is 4. The summed E-state index contributed by atoms with van der Waals surface area (Å²) in [4.78, 5) is 24.4. The molecule has 4 atom stereocenters. The number of ether oxygens (including phenoxy) is 3. The summed E-state index contributed by atoms with van der Waals surface area (Å²) in [6.07, 6.45) is 0.727. The Hall–Kier alpha value is -3.08. The van der Waals surface area contributed by atoms with Crippen molar-refractivity contribution in [2.24, 2.45) is 4.74 Å². The fourth-order valence-corrected chi connectivity index (χ4v) is 5.20. The second-order valence-electron chi connectivity index (χ2n) is 7.52. The lowest BCUT2D eigenvalue weighted by Gasteiger charge is -2.24. The fraction of sp³-hybridized carbons (Fsp3) is 0.333. The van der Waals surface area contributed by atoms with Crippen molar-refractivity contribution in [3.63, 3.8) is 0 Å². The van der Waals surface area contributed by atoms with E-state index in [1.54, 1.807) is 37.3 Å². The molecule has 1 unspecified atom stereocenters. The summed E-state index contributed by atoms with van der Waals surface area (Å²) < 4.78 is 55.5. The number of nitrogens with one attached hydrogen (secondary N) is 1. The van der Waals surface area contributed by atoms with Crippen LogP contribution in [0.4, 0.5) is 10.2 Å². The molecule has 2 aromatic heterocycles. The maximum absolute atomic E-state index is 14.8. The Morgan fingerprint density at radius 2 is 2.11 bits per heavy atom. The molecule has 3 aromatic rings. The molecule has 15 heteroatoms. The predicted octanol–water partition coefficient (Wildman–Crippen LogP) is 4.28. The first-order chi connectivity index (χ1) is 17.3. The van der Waals surface area contributed by atoms with Gasteiger partial charge in [-0.3, -0.25) is 13.9 Å². The van der Waals surface area contributed by atoms with Gasteiger partial charge in [-0.1, -0.05) is 18.2 Å². The zero-order valence-corrected chi connectivity index (χ0v) is 21.2. The van der Waals surface area contributed by atoms with Gasteiger partial charge in [-0.15, -0.1) is 0 Å². The Balaban J connectivity index is 1.48. The van der Waals surface area contributed by atoms with Gasteiger partial charge in [0.25, 0.3) is 0 Å². The number of imidazole rings is 1. The van der Waals surface area contributed by atoms with Crippen molar-refractivity contribution in [1.82, 2.24) is 24.6 Å². The van der Waals surface area contributed by atoms with Gasteiger partial charge in [0.1, 0.15) is 18.1 Å². The molecule has 0 bridgehead atoms. The van der Waals surface area contributed by atoms with Crippen LogP contribution in [0.3, 0.4) is 0 Å². The molecule has 12 nitrogen and oxygen atoms in total. The van der Waals surface area contributed by atoms with Crippen molar-refractivity contribution < 1.29 is 32.5 Å². The molecule has 0 spiro atoms. The smallest absolute Gasteiger partial charge is 0.342 e. The average molecular weight is 536 g/mol. The number of carbonyl (C=O) groups excluding carboxylic acids is 1. The Morgan fingerprint density at radius 1 is 1.33 bits per heavy atom. The highest BCUT2D eigenvalue weighted by atomic mass is 31.2. The number of hydrogen-bond acceptors (Lipinski definition) is 10. The topological polar surface area (TPSA) is 139 Å². The largest absolute Gasteiger partial charge is 0.465 e. The Labute approximate surface area is 207 Å². The Morgan fingerprint density at radius 3 is 2.83 bits per heavy atom. The molecule has 4 rings (SSSR count). The Kier molecular flexibility index (Phi) is 8.17. The summed E-state index contributed by atoms with van der Waals surface area (Å²) >= 11 is 0. The van der Waals surface area contributed by atoms with E-state index in [4.69, 9.17) is 18.7 Å². The third-order valence-electron chi connectivity index (χ3n) is 4.93. The minimum atomic E-state index is -3.84. The second-order valence-corrected chi connectivity index (χ2v) is 9.79. The van der Waals surface area contributed by atoms with Crippen molar-refractivity contribution in [1.29, 1.82) is 0 Å². The number of benzene rings is 1. The SMILES string of the molecule is CCOC(=O)[C@H](C)NP(=O)(CO[C@@H]1C=C(F)[C@H](n2cnc3c(N=P)ncnc32)O1)Oc1ccccc1. The maximum Gasteiger partial charge on any atom is 0.342 e. The van der Waals surface area contributed by atoms with Gasteiger partial charge in [-0.25, -0.2) is 29.2 Å². The van der Waals surface area contributed by atoms with Crippen molar-refractivity contribution in [2.45, 2.75) is 32.4 Å². The molecule has 1 aliphatic heterocycles. The van der Waals surface area contributed by atoms with Crippen LogP contribution in [0.1, 0.15) is 20.1 Å². The highest BCUT2D eigenvalue weighted by molar-refractivity contribution is 7.57. The van der Waals surface area contributed by atoms with E-state index in [2.05, 4.69) is 33.8 Å². The second kappa shape index (κ2) is 11.3. The molecule has 1 aliphatic rings.